The van der Waals surface area contributed by atoms with Gasteiger partial charge in [-0.15, -0.1) is 0 Å². The summed E-state index contributed by atoms with van der Waals surface area (Å²) in [5, 5.41) is 0. The molecule has 0 unspecified atom stereocenters. The van der Waals surface area contributed by atoms with Crippen LogP contribution in [0.1, 0.15) is 5.56 Å². The van der Waals surface area contributed by atoms with Gasteiger partial charge in [-0.2, -0.15) is 0 Å². The Morgan fingerprint density at radius 1 is 1.42 bits per heavy atom. The molecule has 64 valence electrons. The second-order valence-electron chi connectivity index (χ2n) is 3.13. The molecule has 1 aromatic carbocycles. The van der Waals surface area contributed by atoms with Crippen molar-refractivity contribution in [3.8, 4) is 5.75 Å². The number of hydrogen-bond acceptors (Lipinski definition) is 2. The van der Waals surface area contributed by atoms with Crippen molar-refractivity contribution in [3.63, 3.8) is 0 Å². The summed E-state index contributed by atoms with van der Waals surface area (Å²) >= 11 is 0. The summed E-state index contributed by atoms with van der Waals surface area (Å²) in [6.07, 6.45) is 1.11. The molecule has 1 aromatic rings. The first-order chi connectivity index (χ1) is 5.83. The number of nitrogens with zero attached hydrogens (tertiary/aromatic N) is 1. The summed E-state index contributed by atoms with van der Waals surface area (Å²) in [7, 11) is 3.85. The largest absolute Gasteiger partial charge is 0.496 e. The third-order valence-corrected chi connectivity index (χ3v) is 2.44. The molecule has 0 saturated carbocycles. The minimum Gasteiger partial charge on any atom is -0.496 e. The van der Waals surface area contributed by atoms with Gasteiger partial charge in [-0.1, -0.05) is 6.07 Å². The quantitative estimate of drug-likeness (QED) is 0.624. The maximum atomic E-state index is 5.28. The van der Waals surface area contributed by atoms with Crippen LogP contribution in [0.2, 0.25) is 0 Å². The standard InChI is InChI=1S/C10H13NO/c1-11-7-6-8-9(11)4-3-5-10(8)12-2/h3-5H,6-7H2,1-2H3. The fraction of sp³-hybridized carbons (Fsp3) is 0.400. The van der Waals surface area contributed by atoms with Gasteiger partial charge in [0.05, 0.1) is 7.11 Å². The number of likely N-dealkylation sites (N-methyl/N-ethyl adjacent to an activating group) is 1. The van der Waals surface area contributed by atoms with Crippen LogP contribution < -0.4 is 9.64 Å². The van der Waals surface area contributed by atoms with Gasteiger partial charge in [0.25, 0.3) is 0 Å². The van der Waals surface area contributed by atoms with Crippen molar-refractivity contribution in [1.82, 2.24) is 0 Å². The number of anilines is 1. The molecule has 0 amide bonds. The fourth-order valence-electron chi connectivity index (χ4n) is 1.75. The maximum absolute atomic E-state index is 5.28. The molecule has 0 bridgehead atoms. The van der Waals surface area contributed by atoms with Crippen LogP contribution in [0.4, 0.5) is 5.69 Å². The van der Waals surface area contributed by atoms with E-state index < -0.39 is 0 Å². The predicted molar refractivity (Wildman–Crippen MR) is 50.0 cm³/mol. The Hall–Kier alpha value is -1.18. The Bertz CT molecular complexity index is 296. The summed E-state index contributed by atoms with van der Waals surface area (Å²) < 4.78 is 5.28. The van der Waals surface area contributed by atoms with Crippen LogP contribution in [0.5, 0.6) is 5.75 Å². The van der Waals surface area contributed by atoms with Crippen LogP contribution in [-0.2, 0) is 6.42 Å². The van der Waals surface area contributed by atoms with Gasteiger partial charge in [-0.05, 0) is 18.6 Å². The lowest BCUT2D eigenvalue weighted by atomic mass is 10.1. The molecular formula is C10H13NO. The van der Waals surface area contributed by atoms with Crippen LogP contribution in [0.3, 0.4) is 0 Å². The Morgan fingerprint density at radius 3 is 3.00 bits per heavy atom. The lowest BCUT2D eigenvalue weighted by Crippen LogP contribution is -2.12. The molecule has 2 heteroatoms. The van der Waals surface area contributed by atoms with Crippen molar-refractivity contribution >= 4 is 5.69 Å². The monoisotopic (exact) mass is 163 g/mol. The first-order valence-corrected chi connectivity index (χ1v) is 4.20. The molecule has 2 rings (SSSR count). The highest BCUT2D eigenvalue weighted by atomic mass is 16.5. The molecule has 0 saturated heterocycles. The molecule has 12 heavy (non-hydrogen) atoms. The Morgan fingerprint density at radius 2 is 2.25 bits per heavy atom. The Kier molecular flexibility index (Phi) is 1.68. The van der Waals surface area contributed by atoms with E-state index in [1.807, 2.05) is 12.1 Å². The first-order valence-electron chi connectivity index (χ1n) is 4.20. The van der Waals surface area contributed by atoms with E-state index in [1.165, 1.54) is 11.3 Å². The number of fused-ring (bicyclic) bond motifs is 1. The zero-order valence-corrected chi connectivity index (χ0v) is 7.50. The molecule has 0 N–H and O–H groups in total. The van der Waals surface area contributed by atoms with Crippen molar-refractivity contribution in [1.29, 1.82) is 0 Å². The van der Waals surface area contributed by atoms with Crippen molar-refractivity contribution in [2.75, 3.05) is 25.6 Å². The SMILES string of the molecule is COc1cccc2c1CCN2C. The highest BCUT2D eigenvalue weighted by Gasteiger charge is 2.18. The fourth-order valence-corrected chi connectivity index (χ4v) is 1.75. The van der Waals surface area contributed by atoms with Crippen molar-refractivity contribution in [2.24, 2.45) is 0 Å². The van der Waals surface area contributed by atoms with Gasteiger partial charge in [0, 0.05) is 24.8 Å². The smallest absolute Gasteiger partial charge is 0.124 e. The summed E-state index contributed by atoms with van der Waals surface area (Å²) in [6, 6.07) is 6.21. The average molecular weight is 163 g/mol. The first kappa shape index (κ1) is 7.47. The molecule has 0 aliphatic carbocycles. The van der Waals surface area contributed by atoms with E-state index in [0.29, 0.717) is 0 Å². The van der Waals surface area contributed by atoms with Gasteiger partial charge >= 0.3 is 0 Å². The van der Waals surface area contributed by atoms with E-state index in [-0.39, 0.29) is 0 Å². The van der Waals surface area contributed by atoms with Gasteiger partial charge in [-0.3, -0.25) is 0 Å². The highest BCUT2D eigenvalue weighted by Crippen LogP contribution is 2.33. The number of ether oxygens (including phenoxy) is 1. The molecule has 0 spiro atoms. The second-order valence-corrected chi connectivity index (χ2v) is 3.13. The zero-order valence-electron chi connectivity index (χ0n) is 7.50. The van der Waals surface area contributed by atoms with Crippen LogP contribution in [0.25, 0.3) is 0 Å². The molecule has 0 aromatic heterocycles. The third-order valence-electron chi connectivity index (χ3n) is 2.44. The molecule has 0 fully saturated rings. The van der Waals surface area contributed by atoms with E-state index in [0.717, 1.165) is 18.7 Å². The van der Waals surface area contributed by atoms with Crippen LogP contribution in [-0.4, -0.2) is 20.7 Å². The van der Waals surface area contributed by atoms with Crippen molar-refractivity contribution in [3.05, 3.63) is 23.8 Å². The summed E-state index contributed by atoms with van der Waals surface area (Å²) in [4.78, 5) is 2.26. The minimum atomic E-state index is 1.02. The second kappa shape index (κ2) is 2.70. The Balaban J connectivity index is 2.50. The predicted octanol–water partition coefficient (Wildman–Crippen LogP) is 1.69. The number of hydrogen-bond donors (Lipinski definition) is 0. The van der Waals surface area contributed by atoms with E-state index in [9.17, 15) is 0 Å². The van der Waals surface area contributed by atoms with E-state index in [4.69, 9.17) is 4.74 Å². The molecule has 0 radical (unpaired) electrons. The summed E-state index contributed by atoms with van der Waals surface area (Å²) in [5.41, 5.74) is 2.66. The van der Waals surface area contributed by atoms with Gasteiger partial charge in [0.15, 0.2) is 0 Å². The molecule has 0 atom stereocenters. The molecule has 2 nitrogen and oxygen atoms in total. The number of benzene rings is 1. The van der Waals surface area contributed by atoms with Crippen molar-refractivity contribution < 1.29 is 4.74 Å². The minimum absolute atomic E-state index is 1.02. The van der Waals surface area contributed by atoms with Gasteiger partial charge in [0.1, 0.15) is 5.75 Å². The van der Waals surface area contributed by atoms with Crippen LogP contribution in [0, 0.1) is 0 Å². The van der Waals surface area contributed by atoms with E-state index in [2.05, 4.69) is 18.0 Å². The number of rotatable bonds is 1. The third kappa shape index (κ3) is 0.951. The normalized spacial score (nSPS) is 14.7. The number of methoxy groups -OCH3 is 1. The lowest BCUT2D eigenvalue weighted by Gasteiger charge is -2.12. The van der Waals surface area contributed by atoms with E-state index >= 15 is 0 Å². The summed E-state index contributed by atoms with van der Waals surface area (Å²) in [5.74, 6) is 1.02. The van der Waals surface area contributed by atoms with Gasteiger partial charge in [0.2, 0.25) is 0 Å². The lowest BCUT2D eigenvalue weighted by molar-refractivity contribution is 0.411. The zero-order chi connectivity index (χ0) is 8.55. The molecule has 1 heterocycles. The van der Waals surface area contributed by atoms with Gasteiger partial charge in [-0.25, -0.2) is 0 Å². The average Bonchev–Trinajstić information content (AvgIpc) is 2.48. The molecular weight excluding hydrogens is 150 g/mol. The van der Waals surface area contributed by atoms with Crippen molar-refractivity contribution in [2.45, 2.75) is 6.42 Å². The van der Waals surface area contributed by atoms with Crippen LogP contribution >= 0.6 is 0 Å². The Labute approximate surface area is 72.8 Å². The molecule has 1 aliphatic heterocycles. The topological polar surface area (TPSA) is 12.5 Å². The van der Waals surface area contributed by atoms with Crippen LogP contribution in [0.15, 0.2) is 18.2 Å². The van der Waals surface area contributed by atoms with E-state index in [1.54, 1.807) is 7.11 Å². The highest BCUT2D eigenvalue weighted by molar-refractivity contribution is 5.62. The molecule has 1 aliphatic rings. The maximum Gasteiger partial charge on any atom is 0.124 e. The summed E-state index contributed by atoms with van der Waals surface area (Å²) in [6.45, 7) is 1.11. The van der Waals surface area contributed by atoms with Gasteiger partial charge < -0.3 is 9.64 Å².